The summed E-state index contributed by atoms with van der Waals surface area (Å²) in [5.74, 6) is 0.797. The highest BCUT2D eigenvalue weighted by molar-refractivity contribution is 7.14. The Morgan fingerprint density at radius 2 is 1.91 bits per heavy atom. The number of aryl methyl sites for hydroxylation is 1. The van der Waals surface area contributed by atoms with Gasteiger partial charge >= 0.3 is 0 Å². The van der Waals surface area contributed by atoms with Crippen molar-refractivity contribution in [3.63, 3.8) is 0 Å². The molecule has 1 fully saturated rings. The number of carbonyl (C=O) groups excluding carboxylic acids is 1. The van der Waals surface area contributed by atoms with E-state index in [0.717, 1.165) is 58.5 Å². The molecule has 4 heterocycles. The van der Waals surface area contributed by atoms with Gasteiger partial charge in [0.25, 0.3) is 5.91 Å². The SMILES string of the molecule is Cc1nnc(-c2ccc3cnc(NC(=O)c4ccnc(N5CCN(C)CC5)c4)nc3c2)s1. The van der Waals surface area contributed by atoms with Crippen LogP contribution in [-0.4, -0.2) is 69.2 Å². The van der Waals surface area contributed by atoms with Crippen LogP contribution in [0, 0.1) is 6.92 Å². The van der Waals surface area contributed by atoms with Gasteiger partial charge in [-0.3, -0.25) is 10.1 Å². The molecule has 1 N–H and O–H groups in total. The van der Waals surface area contributed by atoms with Crippen LogP contribution < -0.4 is 10.2 Å². The minimum atomic E-state index is -0.266. The van der Waals surface area contributed by atoms with Gasteiger partial charge in [0.1, 0.15) is 15.8 Å². The molecule has 1 aromatic carbocycles. The number of hydrogen-bond acceptors (Lipinski definition) is 9. The first-order valence-electron chi connectivity index (χ1n) is 10.3. The lowest BCUT2D eigenvalue weighted by atomic mass is 10.1. The van der Waals surface area contributed by atoms with Crippen molar-refractivity contribution in [3.8, 4) is 10.6 Å². The quantitative estimate of drug-likeness (QED) is 0.511. The Morgan fingerprint density at radius 3 is 2.69 bits per heavy atom. The lowest BCUT2D eigenvalue weighted by molar-refractivity contribution is 0.102. The van der Waals surface area contributed by atoms with E-state index in [9.17, 15) is 4.79 Å². The number of nitrogens with zero attached hydrogens (tertiary/aromatic N) is 7. The predicted octanol–water partition coefficient (Wildman–Crippen LogP) is 2.86. The fraction of sp³-hybridized carbons (Fsp3) is 0.273. The molecular weight excluding hydrogens is 424 g/mol. The highest BCUT2D eigenvalue weighted by Gasteiger charge is 2.17. The number of hydrogen-bond donors (Lipinski definition) is 1. The third-order valence-electron chi connectivity index (χ3n) is 5.42. The van der Waals surface area contributed by atoms with Crippen LogP contribution in [0.5, 0.6) is 0 Å². The summed E-state index contributed by atoms with van der Waals surface area (Å²) >= 11 is 1.53. The van der Waals surface area contributed by atoms with Crippen LogP contribution >= 0.6 is 11.3 Å². The maximum absolute atomic E-state index is 12.9. The Hall–Kier alpha value is -3.50. The van der Waals surface area contributed by atoms with Crippen molar-refractivity contribution in [2.45, 2.75) is 6.92 Å². The van der Waals surface area contributed by atoms with Gasteiger partial charge in [-0.05, 0) is 32.2 Å². The van der Waals surface area contributed by atoms with Crippen LogP contribution in [0.4, 0.5) is 11.8 Å². The standard InChI is InChI=1S/C22H22N8OS/c1-14-27-28-21(32-14)16-3-4-17-13-24-22(25-18(17)11-16)26-20(31)15-5-6-23-19(12-15)30-9-7-29(2)8-10-30/h3-6,11-13H,7-10H2,1-2H3,(H,24,25,26,31). The van der Waals surface area contributed by atoms with Crippen molar-refractivity contribution in [2.75, 3.05) is 43.4 Å². The Labute approximate surface area is 189 Å². The molecule has 1 aliphatic heterocycles. The van der Waals surface area contributed by atoms with Gasteiger partial charge in [0.05, 0.1) is 5.52 Å². The summed E-state index contributed by atoms with van der Waals surface area (Å²) in [5.41, 5.74) is 2.19. The Kier molecular flexibility index (Phi) is 5.46. The highest BCUT2D eigenvalue weighted by Crippen LogP contribution is 2.26. The number of piperazine rings is 1. The number of pyridine rings is 1. The number of carbonyl (C=O) groups is 1. The zero-order chi connectivity index (χ0) is 22.1. The zero-order valence-electron chi connectivity index (χ0n) is 17.8. The van der Waals surface area contributed by atoms with E-state index in [0.29, 0.717) is 5.56 Å². The molecule has 32 heavy (non-hydrogen) atoms. The van der Waals surface area contributed by atoms with E-state index < -0.39 is 0 Å². The van der Waals surface area contributed by atoms with Gasteiger partial charge in [-0.15, -0.1) is 10.2 Å². The first-order valence-corrected chi connectivity index (χ1v) is 11.1. The summed E-state index contributed by atoms with van der Waals surface area (Å²) in [7, 11) is 2.11. The number of aromatic nitrogens is 5. The smallest absolute Gasteiger partial charge is 0.258 e. The molecule has 162 valence electrons. The number of rotatable bonds is 4. The van der Waals surface area contributed by atoms with E-state index in [-0.39, 0.29) is 11.9 Å². The molecule has 0 atom stereocenters. The van der Waals surface area contributed by atoms with Crippen LogP contribution in [-0.2, 0) is 0 Å². The molecule has 0 unspecified atom stereocenters. The molecule has 3 aromatic heterocycles. The van der Waals surface area contributed by atoms with E-state index in [1.54, 1.807) is 18.5 Å². The molecule has 1 saturated heterocycles. The summed E-state index contributed by atoms with van der Waals surface area (Å²) in [6, 6.07) is 9.37. The maximum atomic E-state index is 12.9. The lowest BCUT2D eigenvalue weighted by Crippen LogP contribution is -2.44. The molecule has 9 nitrogen and oxygen atoms in total. The van der Waals surface area contributed by atoms with E-state index >= 15 is 0 Å². The van der Waals surface area contributed by atoms with Crippen molar-refractivity contribution in [1.29, 1.82) is 0 Å². The van der Waals surface area contributed by atoms with Gasteiger partial charge in [0.15, 0.2) is 0 Å². The van der Waals surface area contributed by atoms with Crippen molar-refractivity contribution in [1.82, 2.24) is 30.0 Å². The van der Waals surface area contributed by atoms with Crippen LogP contribution in [0.3, 0.4) is 0 Å². The van der Waals surface area contributed by atoms with Gasteiger partial charge in [-0.25, -0.2) is 15.0 Å². The van der Waals surface area contributed by atoms with Crippen LogP contribution in [0.25, 0.3) is 21.5 Å². The third-order valence-corrected chi connectivity index (χ3v) is 6.30. The second kappa shape index (κ2) is 8.56. The molecule has 4 aromatic rings. The number of nitrogens with one attached hydrogen (secondary N) is 1. The molecule has 0 radical (unpaired) electrons. The number of fused-ring (bicyclic) bond motifs is 1. The van der Waals surface area contributed by atoms with Crippen molar-refractivity contribution >= 4 is 39.9 Å². The topological polar surface area (TPSA) is 100 Å². The average Bonchev–Trinajstić information content (AvgIpc) is 3.25. The minimum Gasteiger partial charge on any atom is -0.354 e. The normalized spacial score (nSPS) is 14.6. The summed E-state index contributed by atoms with van der Waals surface area (Å²) < 4.78 is 0. The number of benzene rings is 1. The van der Waals surface area contributed by atoms with Gasteiger partial charge in [-0.1, -0.05) is 23.5 Å². The Balaban J connectivity index is 1.36. The molecule has 0 bridgehead atoms. The van der Waals surface area contributed by atoms with Gasteiger partial charge in [0, 0.05) is 55.1 Å². The van der Waals surface area contributed by atoms with Crippen molar-refractivity contribution in [3.05, 3.63) is 53.3 Å². The van der Waals surface area contributed by atoms with Gasteiger partial charge in [-0.2, -0.15) is 0 Å². The number of likely N-dealkylation sites (N-methyl/N-ethyl adjacent to an activating group) is 1. The van der Waals surface area contributed by atoms with Crippen molar-refractivity contribution in [2.24, 2.45) is 0 Å². The second-order valence-electron chi connectivity index (χ2n) is 7.74. The van der Waals surface area contributed by atoms with E-state index in [2.05, 4.69) is 47.3 Å². The summed E-state index contributed by atoms with van der Waals surface area (Å²) in [6.07, 6.45) is 3.37. The summed E-state index contributed by atoms with van der Waals surface area (Å²) in [6.45, 7) is 5.65. The van der Waals surface area contributed by atoms with Gasteiger partial charge < -0.3 is 9.80 Å². The van der Waals surface area contributed by atoms with Crippen LogP contribution in [0.15, 0.2) is 42.7 Å². The summed E-state index contributed by atoms with van der Waals surface area (Å²) in [4.78, 5) is 30.6. The van der Waals surface area contributed by atoms with Gasteiger partial charge in [0.2, 0.25) is 5.95 Å². The molecule has 0 spiro atoms. The lowest BCUT2D eigenvalue weighted by Gasteiger charge is -2.33. The Bertz CT molecular complexity index is 1280. The fourth-order valence-corrected chi connectivity index (χ4v) is 4.26. The monoisotopic (exact) mass is 446 g/mol. The molecule has 5 rings (SSSR count). The minimum absolute atomic E-state index is 0.256. The van der Waals surface area contributed by atoms with E-state index in [4.69, 9.17) is 0 Å². The fourth-order valence-electron chi connectivity index (χ4n) is 3.57. The first kappa shape index (κ1) is 20.4. The molecule has 1 amide bonds. The first-order chi connectivity index (χ1) is 15.5. The average molecular weight is 447 g/mol. The van der Waals surface area contributed by atoms with Crippen LogP contribution in [0.1, 0.15) is 15.4 Å². The third kappa shape index (κ3) is 4.27. The molecule has 1 aliphatic rings. The molecule has 0 aliphatic carbocycles. The van der Waals surface area contributed by atoms with E-state index in [1.807, 2.05) is 31.2 Å². The zero-order valence-corrected chi connectivity index (χ0v) is 18.6. The largest absolute Gasteiger partial charge is 0.354 e. The Morgan fingerprint density at radius 1 is 1.06 bits per heavy atom. The second-order valence-corrected chi connectivity index (χ2v) is 8.92. The molecule has 10 heteroatoms. The van der Waals surface area contributed by atoms with Crippen molar-refractivity contribution < 1.29 is 4.79 Å². The summed E-state index contributed by atoms with van der Waals surface area (Å²) in [5, 5.41) is 13.7. The predicted molar refractivity (Wildman–Crippen MR) is 125 cm³/mol. The maximum Gasteiger partial charge on any atom is 0.258 e. The molecule has 0 saturated carbocycles. The van der Waals surface area contributed by atoms with E-state index in [1.165, 1.54) is 11.3 Å². The van der Waals surface area contributed by atoms with Crippen LogP contribution in [0.2, 0.25) is 0 Å². The number of amides is 1. The highest BCUT2D eigenvalue weighted by atomic mass is 32.1. The number of anilines is 2. The molecular formula is C22H22N8OS.